The molecule has 0 spiro atoms. The summed E-state index contributed by atoms with van der Waals surface area (Å²) in [6.45, 7) is 2.80. The third kappa shape index (κ3) is 1.83. The fourth-order valence-corrected chi connectivity index (χ4v) is 1.64. The minimum Gasteiger partial charge on any atom is -0.414 e. The minimum atomic E-state index is 0.0446. The van der Waals surface area contributed by atoms with Crippen molar-refractivity contribution >= 4 is 10.9 Å². The predicted octanol–water partition coefficient (Wildman–Crippen LogP) is 1.97. The lowest BCUT2D eigenvalue weighted by molar-refractivity contribution is 0.120. The van der Waals surface area contributed by atoms with Gasteiger partial charge in [-0.05, 0) is 12.5 Å². The van der Waals surface area contributed by atoms with E-state index < -0.39 is 0 Å². The molecule has 0 aliphatic heterocycles. The number of benzene rings is 1. The number of aromatic nitrogens is 1. The van der Waals surface area contributed by atoms with E-state index in [0.717, 1.165) is 22.9 Å². The Bertz CT molecular complexity index is 448. The molecule has 15 heavy (non-hydrogen) atoms. The van der Waals surface area contributed by atoms with Crippen molar-refractivity contribution in [2.45, 2.75) is 20.0 Å². The van der Waals surface area contributed by atoms with Crippen molar-refractivity contribution < 1.29 is 9.94 Å². The summed E-state index contributed by atoms with van der Waals surface area (Å²) in [6, 6.07) is 7.91. The Hall–Kier alpha value is -1.48. The van der Waals surface area contributed by atoms with Gasteiger partial charge in [0.1, 0.15) is 6.61 Å². The standard InChI is InChI=1S/C12H15NO2/c1-2-7-15-13-8-10(9-14)11-5-3-4-6-12(11)13/h3-6,8,14H,2,7,9H2,1H3. The van der Waals surface area contributed by atoms with Gasteiger partial charge < -0.3 is 9.94 Å². The summed E-state index contributed by atoms with van der Waals surface area (Å²) < 4.78 is 1.74. The molecule has 0 amide bonds. The van der Waals surface area contributed by atoms with Crippen molar-refractivity contribution in [1.82, 2.24) is 4.73 Å². The largest absolute Gasteiger partial charge is 0.414 e. The van der Waals surface area contributed by atoms with Crippen LogP contribution in [-0.2, 0) is 6.61 Å². The number of hydrogen-bond acceptors (Lipinski definition) is 2. The van der Waals surface area contributed by atoms with Gasteiger partial charge in [-0.25, -0.2) is 0 Å². The molecule has 0 saturated heterocycles. The number of rotatable bonds is 4. The van der Waals surface area contributed by atoms with Gasteiger partial charge >= 0.3 is 0 Å². The average Bonchev–Trinajstić information content (AvgIpc) is 2.65. The van der Waals surface area contributed by atoms with Crippen LogP contribution < -0.4 is 4.84 Å². The fourth-order valence-electron chi connectivity index (χ4n) is 1.64. The van der Waals surface area contributed by atoms with Crippen LogP contribution in [0.5, 0.6) is 0 Å². The van der Waals surface area contributed by atoms with Gasteiger partial charge in [0.2, 0.25) is 0 Å². The number of aliphatic hydroxyl groups is 1. The highest BCUT2D eigenvalue weighted by Gasteiger charge is 2.06. The van der Waals surface area contributed by atoms with Gasteiger partial charge in [0.05, 0.1) is 18.3 Å². The number of nitrogens with zero attached hydrogens (tertiary/aromatic N) is 1. The lowest BCUT2D eigenvalue weighted by atomic mass is 10.2. The Morgan fingerprint density at radius 2 is 2.13 bits per heavy atom. The second-order valence-electron chi connectivity index (χ2n) is 3.49. The molecule has 2 rings (SSSR count). The highest BCUT2D eigenvalue weighted by atomic mass is 16.7. The molecule has 0 bridgehead atoms. The first-order valence-electron chi connectivity index (χ1n) is 5.20. The molecule has 0 saturated carbocycles. The maximum Gasteiger partial charge on any atom is 0.114 e. The second-order valence-corrected chi connectivity index (χ2v) is 3.49. The average molecular weight is 205 g/mol. The first-order chi connectivity index (χ1) is 7.36. The van der Waals surface area contributed by atoms with Crippen molar-refractivity contribution in [2.24, 2.45) is 0 Å². The van der Waals surface area contributed by atoms with Gasteiger partial charge in [0, 0.05) is 10.9 Å². The van der Waals surface area contributed by atoms with E-state index >= 15 is 0 Å². The van der Waals surface area contributed by atoms with Gasteiger partial charge in [-0.3, -0.25) is 0 Å². The molecule has 0 aliphatic rings. The fraction of sp³-hybridized carbons (Fsp3) is 0.333. The number of para-hydroxylation sites is 1. The smallest absolute Gasteiger partial charge is 0.114 e. The van der Waals surface area contributed by atoms with E-state index in [9.17, 15) is 5.11 Å². The molecule has 3 heteroatoms. The van der Waals surface area contributed by atoms with Crippen LogP contribution in [0, 0.1) is 0 Å². The van der Waals surface area contributed by atoms with E-state index in [1.54, 1.807) is 4.73 Å². The zero-order valence-electron chi connectivity index (χ0n) is 8.81. The van der Waals surface area contributed by atoms with E-state index in [-0.39, 0.29) is 6.61 Å². The van der Waals surface area contributed by atoms with E-state index in [1.165, 1.54) is 0 Å². The van der Waals surface area contributed by atoms with Crippen molar-refractivity contribution in [3.8, 4) is 0 Å². The predicted molar refractivity (Wildman–Crippen MR) is 59.6 cm³/mol. The second kappa shape index (κ2) is 4.36. The van der Waals surface area contributed by atoms with Crippen LogP contribution in [0.3, 0.4) is 0 Å². The van der Waals surface area contributed by atoms with Crippen LogP contribution >= 0.6 is 0 Å². The van der Waals surface area contributed by atoms with E-state index in [2.05, 4.69) is 6.92 Å². The summed E-state index contributed by atoms with van der Waals surface area (Å²) in [4.78, 5) is 5.56. The first kappa shape index (κ1) is 10.1. The van der Waals surface area contributed by atoms with Crippen LogP contribution in [0.1, 0.15) is 18.9 Å². The minimum absolute atomic E-state index is 0.0446. The topological polar surface area (TPSA) is 34.4 Å². The molecule has 2 aromatic rings. The van der Waals surface area contributed by atoms with Crippen LogP contribution in [0.15, 0.2) is 30.5 Å². The van der Waals surface area contributed by atoms with Gasteiger partial charge in [0.25, 0.3) is 0 Å². The van der Waals surface area contributed by atoms with E-state index in [0.29, 0.717) is 6.61 Å². The van der Waals surface area contributed by atoms with Crippen molar-refractivity contribution in [1.29, 1.82) is 0 Å². The summed E-state index contributed by atoms with van der Waals surface area (Å²) >= 11 is 0. The summed E-state index contributed by atoms with van der Waals surface area (Å²) in [5.41, 5.74) is 1.91. The quantitative estimate of drug-likeness (QED) is 0.828. The van der Waals surface area contributed by atoms with Gasteiger partial charge in [-0.1, -0.05) is 25.1 Å². The first-order valence-corrected chi connectivity index (χ1v) is 5.20. The lowest BCUT2D eigenvalue weighted by Crippen LogP contribution is -2.10. The van der Waals surface area contributed by atoms with Gasteiger partial charge in [-0.2, -0.15) is 4.73 Å². The summed E-state index contributed by atoms with van der Waals surface area (Å²) in [7, 11) is 0. The SMILES string of the molecule is CCCOn1cc(CO)c2ccccc21. The summed E-state index contributed by atoms with van der Waals surface area (Å²) in [5.74, 6) is 0. The Balaban J connectivity index is 2.45. The molecule has 1 N–H and O–H groups in total. The molecule has 80 valence electrons. The molecule has 0 aliphatic carbocycles. The maximum absolute atomic E-state index is 9.21. The molecule has 1 heterocycles. The summed E-state index contributed by atoms with van der Waals surface area (Å²) in [5, 5.41) is 10.3. The molecular formula is C12H15NO2. The molecule has 0 radical (unpaired) electrons. The number of aliphatic hydroxyl groups excluding tert-OH is 1. The van der Waals surface area contributed by atoms with E-state index in [4.69, 9.17) is 4.84 Å². The monoisotopic (exact) mass is 205 g/mol. The number of fused-ring (bicyclic) bond motifs is 1. The maximum atomic E-state index is 9.21. The Morgan fingerprint density at radius 3 is 2.87 bits per heavy atom. The zero-order valence-corrected chi connectivity index (χ0v) is 8.81. The van der Waals surface area contributed by atoms with Crippen LogP contribution in [0.2, 0.25) is 0 Å². The Labute approximate surface area is 88.9 Å². The lowest BCUT2D eigenvalue weighted by Gasteiger charge is -2.05. The molecular weight excluding hydrogens is 190 g/mol. The Morgan fingerprint density at radius 1 is 1.33 bits per heavy atom. The molecule has 3 nitrogen and oxygen atoms in total. The molecule has 0 atom stereocenters. The zero-order chi connectivity index (χ0) is 10.7. The molecule has 1 aromatic carbocycles. The van der Waals surface area contributed by atoms with Gasteiger partial charge in [0.15, 0.2) is 0 Å². The highest BCUT2D eigenvalue weighted by Crippen LogP contribution is 2.20. The van der Waals surface area contributed by atoms with Crippen molar-refractivity contribution in [3.05, 3.63) is 36.0 Å². The molecule has 0 fully saturated rings. The number of hydrogen-bond donors (Lipinski definition) is 1. The molecule has 0 unspecified atom stereocenters. The van der Waals surface area contributed by atoms with Crippen LogP contribution in [0.4, 0.5) is 0 Å². The highest BCUT2D eigenvalue weighted by molar-refractivity contribution is 5.83. The molecule has 1 aromatic heterocycles. The van der Waals surface area contributed by atoms with Crippen LogP contribution in [0.25, 0.3) is 10.9 Å². The summed E-state index contributed by atoms with van der Waals surface area (Å²) in [6.07, 6.45) is 2.82. The Kier molecular flexibility index (Phi) is 2.92. The third-order valence-corrected chi connectivity index (χ3v) is 2.37. The normalized spacial score (nSPS) is 10.8. The van der Waals surface area contributed by atoms with Crippen molar-refractivity contribution in [2.75, 3.05) is 6.61 Å². The third-order valence-electron chi connectivity index (χ3n) is 2.37. The van der Waals surface area contributed by atoms with Crippen LogP contribution in [-0.4, -0.2) is 16.4 Å². The van der Waals surface area contributed by atoms with Crippen molar-refractivity contribution in [3.63, 3.8) is 0 Å². The van der Waals surface area contributed by atoms with Gasteiger partial charge in [-0.15, -0.1) is 0 Å². The van der Waals surface area contributed by atoms with E-state index in [1.807, 2.05) is 30.5 Å².